The van der Waals surface area contributed by atoms with Gasteiger partial charge < -0.3 is 15.1 Å². The number of nitrogens with one attached hydrogen (secondary N) is 1. The van der Waals surface area contributed by atoms with Crippen LogP contribution in [0.5, 0.6) is 0 Å². The van der Waals surface area contributed by atoms with Gasteiger partial charge in [-0.2, -0.15) is 5.26 Å². The van der Waals surface area contributed by atoms with E-state index in [1.807, 2.05) is 42.3 Å². The molecule has 1 atom stereocenters. The number of pyridine rings is 1. The molecule has 0 unspecified atom stereocenters. The molecule has 1 N–H and O–H groups in total. The molecule has 1 aromatic carbocycles. The highest BCUT2D eigenvalue weighted by atomic mass is 16.2. The van der Waals surface area contributed by atoms with E-state index in [-0.39, 0.29) is 11.9 Å². The molecule has 1 aliphatic heterocycles. The Kier molecular flexibility index (Phi) is 5.14. The first-order chi connectivity index (χ1) is 12.2. The first-order valence-electron chi connectivity index (χ1n) is 8.33. The zero-order valence-electron chi connectivity index (χ0n) is 14.2. The Labute approximate surface area is 147 Å². The fourth-order valence-electron chi connectivity index (χ4n) is 2.93. The van der Waals surface area contributed by atoms with Gasteiger partial charge >= 0.3 is 0 Å². The van der Waals surface area contributed by atoms with Crippen LogP contribution in [0.4, 0.5) is 5.82 Å². The van der Waals surface area contributed by atoms with Crippen LogP contribution >= 0.6 is 0 Å². The molecule has 6 heteroatoms. The van der Waals surface area contributed by atoms with Crippen LogP contribution in [0.1, 0.15) is 22.5 Å². The minimum atomic E-state index is -0.195. The maximum Gasteiger partial charge on any atom is 0.270 e. The molecule has 1 fully saturated rings. The first-order valence-corrected chi connectivity index (χ1v) is 8.33. The van der Waals surface area contributed by atoms with Gasteiger partial charge in [0.25, 0.3) is 5.91 Å². The third kappa shape index (κ3) is 4.27. The number of likely N-dealkylation sites (tertiary alicyclic amines) is 1. The van der Waals surface area contributed by atoms with Gasteiger partial charge in [0.2, 0.25) is 0 Å². The molecule has 128 valence electrons. The van der Waals surface area contributed by atoms with Crippen LogP contribution in [0.3, 0.4) is 0 Å². The molecule has 0 aliphatic carbocycles. The summed E-state index contributed by atoms with van der Waals surface area (Å²) < 4.78 is 0. The zero-order chi connectivity index (χ0) is 17.6. The Hall–Kier alpha value is -3.07. The second kappa shape index (κ2) is 7.67. The van der Waals surface area contributed by atoms with E-state index in [4.69, 9.17) is 5.26 Å². The normalized spacial score (nSPS) is 16.3. The van der Waals surface area contributed by atoms with E-state index in [0.717, 1.165) is 18.8 Å². The molecule has 1 aliphatic rings. The summed E-state index contributed by atoms with van der Waals surface area (Å²) in [6, 6.07) is 15.6. The fourth-order valence-corrected chi connectivity index (χ4v) is 2.93. The van der Waals surface area contributed by atoms with Crippen molar-refractivity contribution in [2.24, 2.45) is 0 Å². The number of nitrogens with zero attached hydrogens (tertiary/aromatic N) is 4. The summed E-state index contributed by atoms with van der Waals surface area (Å²) in [6.45, 7) is 1.98. The number of benzene rings is 1. The molecule has 0 spiro atoms. The van der Waals surface area contributed by atoms with Crippen molar-refractivity contribution < 1.29 is 4.79 Å². The van der Waals surface area contributed by atoms with E-state index in [1.54, 1.807) is 11.0 Å². The number of hydrogen-bond acceptors (Lipinski definition) is 5. The van der Waals surface area contributed by atoms with Gasteiger partial charge in [-0.3, -0.25) is 4.79 Å². The van der Waals surface area contributed by atoms with Crippen LogP contribution in [0.15, 0.2) is 48.5 Å². The van der Waals surface area contributed by atoms with E-state index in [1.165, 1.54) is 5.56 Å². The van der Waals surface area contributed by atoms with Crippen LogP contribution in [-0.2, 0) is 6.54 Å². The number of carbonyl (C=O) groups is 1. The van der Waals surface area contributed by atoms with E-state index < -0.39 is 0 Å². The van der Waals surface area contributed by atoms with E-state index in [2.05, 4.69) is 28.6 Å². The van der Waals surface area contributed by atoms with Gasteiger partial charge in [-0.1, -0.05) is 36.4 Å². The van der Waals surface area contributed by atoms with Crippen LogP contribution in [0.2, 0.25) is 0 Å². The van der Waals surface area contributed by atoms with Gasteiger partial charge in [0.05, 0.1) is 0 Å². The second-order valence-corrected chi connectivity index (χ2v) is 6.23. The molecule has 0 bridgehead atoms. The number of aromatic nitrogens is 1. The summed E-state index contributed by atoms with van der Waals surface area (Å²) in [5, 5.41) is 11.9. The molecule has 0 saturated carbocycles. The third-order valence-corrected chi connectivity index (χ3v) is 4.29. The molecule has 25 heavy (non-hydrogen) atoms. The summed E-state index contributed by atoms with van der Waals surface area (Å²) in [5.74, 6) is 0.557. The van der Waals surface area contributed by atoms with Crippen LogP contribution < -0.4 is 10.2 Å². The topological polar surface area (TPSA) is 72.3 Å². The predicted octanol–water partition coefficient (Wildman–Crippen LogP) is 2.00. The highest BCUT2D eigenvalue weighted by molar-refractivity contribution is 5.92. The number of nitriles is 1. The van der Waals surface area contributed by atoms with Crippen molar-refractivity contribution >= 4 is 11.7 Å². The maximum atomic E-state index is 12.4. The Morgan fingerprint density at radius 1 is 1.32 bits per heavy atom. The number of hydrogen-bond donors (Lipinski definition) is 1. The Balaban J connectivity index is 1.64. The predicted molar refractivity (Wildman–Crippen MR) is 95.8 cm³/mol. The largest absolute Gasteiger partial charge is 0.355 e. The van der Waals surface area contributed by atoms with Crippen molar-refractivity contribution in [3.8, 4) is 6.19 Å². The number of amides is 1. The van der Waals surface area contributed by atoms with Crippen LogP contribution in [0.25, 0.3) is 0 Å². The third-order valence-electron chi connectivity index (χ3n) is 4.29. The Morgan fingerprint density at radius 2 is 2.12 bits per heavy atom. The van der Waals surface area contributed by atoms with E-state index >= 15 is 0 Å². The SMILES string of the molecule is CN(Cc1ccccc1)c1cccc(C(=O)N[C@@H]2CCN(C#N)C2)n1. The molecule has 1 aromatic heterocycles. The van der Waals surface area contributed by atoms with Crippen molar-refractivity contribution in [1.29, 1.82) is 5.26 Å². The minimum Gasteiger partial charge on any atom is -0.355 e. The molecule has 2 heterocycles. The fraction of sp³-hybridized carbons (Fsp3) is 0.316. The molecule has 1 amide bonds. The average Bonchev–Trinajstić information content (AvgIpc) is 3.10. The molecular weight excluding hydrogens is 314 g/mol. The molecule has 3 rings (SSSR count). The van der Waals surface area contributed by atoms with Crippen molar-refractivity contribution in [2.75, 3.05) is 25.0 Å². The van der Waals surface area contributed by atoms with E-state index in [0.29, 0.717) is 18.8 Å². The number of rotatable bonds is 5. The minimum absolute atomic E-state index is 0.000320. The maximum absolute atomic E-state index is 12.4. The molecule has 0 radical (unpaired) electrons. The summed E-state index contributed by atoms with van der Waals surface area (Å²) in [7, 11) is 1.96. The lowest BCUT2D eigenvalue weighted by atomic mass is 10.2. The van der Waals surface area contributed by atoms with Crippen molar-refractivity contribution in [3.05, 3.63) is 59.8 Å². The van der Waals surface area contributed by atoms with Crippen LogP contribution in [0, 0.1) is 11.5 Å². The molecule has 2 aromatic rings. The number of carbonyl (C=O) groups excluding carboxylic acids is 1. The van der Waals surface area contributed by atoms with Gasteiger partial charge in [-0.05, 0) is 24.1 Å². The smallest absolute Gasteiger partial charge is 0.270 e. The number of anilines is 1. The lowest BCUT2D eigenvalue weighted by Gasteiger charge is -2.19. The lowest BCUT2D eigenvalue weighted by molar-refractivity contribution is 0.0934. The second-order valence-electron chi connectivity index (χ2n) is 6.23. The van der Waals surface area contributed by atoms with Gasteiger partial charge in [0.15, 0.2) is 6.19 Å². The highest BCUT2D eigenvalue weighted by Gasteiger charge is 2.23. The summed E-state index contributed by atoms with van der Waals surface area (Å²) in [4.78, 5) is 20.6. The summed E-state index contributed by atoms with van der Waals surface area (Å²) in [6.07, 6.45) is 2.90. The molecule has 6 nitrogen and oxygen atoms in total. The van der Waals surface area contributed by atoms with E-state index in [9.17, 15) is 4.79 Å². The average molecular weight is 335 g/mol. The van der Waals surface area contributed by atoms with Crippen LogP contribution in [-0.4, -0.2) is 42.0 Å². The Morgan fingerprint density at radius 3 is 2.84 bits per heavy atom. The van der Waals surface area contributed by atoms with Crippen molar-refractivity contribution in [2.45, 2.75) is 19.0 Å². The van der Waals surface area contributed by atoms with Gasteiger partial charge in [0, 0.05) is 32.7 Å². The quantitative estimate of drug-likeness (QED) is 0.846. The van der Waals surface area contributed by atoms with Crippen molar-refractivity contribution in [3.63, 3.8) is 0 Å². The lowest BCUT2D eigenvalue weighted by Crippen LogP contribution is -2.37. The Bertz CT molecular complexity index is 771. The molecule has 1 saturated heterocycles. The van der Waals surface area contributed by atoms with Gasteiger partial charge in [-0.15, -0.1) is 0 Å². The standard InChI is InChI=1S/C19H21N5O/c1-23(12-15-6-3-2-4-7-15)18-9-5-8-17(22-18)19(25)21-16-10-11-24(13-16)14-20/h2-9,16H,10-13H2,1H3,(H,21,25)/t16-/m1/s1. The van der Waals surface area contributed by atoms with Gasteiger partial charge in [-0.25, -0.2) is 4.98 Å². The summed E-state index contributed by atoms with van der Waals surface area (Å²) >= 11 is 0. The zero-order valence-corrected chi connectivity index (χ0v) is 14.2. The van der Waals surface area contributed by atoms with Gasteiger partial charge in [0.1, 0.15) is 11.5 Å². The molecular formula is C19H21N5O. The highest BCUT2D eigenvalue weighted by Crippen LogP contribution is 2.14. The van der Waals surface area contributed by atoms with Crippen molar-refractivity contribution in [1.82, 2.24) is 15.2 Å². The first kappa shape index (κ1) is 16.8. The summed E-state index contributed by atoms with van der Waals surface area (Å²) in [5.41, 5.74) is 1.58. The monoisotopic (exact) mass is 335 g/mol.